The SMILES string of the molecule is CCOC(=O)c1nc(C(C)(C)c2ccccc2)n(C)n1. The van der Waals surface area contributed by atoms with Gasteiger partial charge in [0.25, 0.3) is 5.82 Å². The molecule has 5 nitrogen and oxygen atoms in total. The minimum absolute atomic E-state index is 0.105. The minimum Gasteiger partial charge on any atom is -0.460 e. The van der Waals surface area contributed by atoms with Crippen LogP contribution in [0.5, 0.6) is 0 Å². The molecule has 0 bridgehead atoms. The number of aromatic nitrogens is 3. The van der Waals surface area contributed by atoms with E-state index in [1.54, 1.807) is 18.7 Å². The highest BCUT2D eigenvalue weighted by Crippen LogP contribution is 2.29. The van der Waals surface area contributed by atoms with Gasteiger partial charge in [-0.15, -0.1) is 5.10 Å². The second kappa shape index (κ2) is 5.45. The molecule has 0 radical (unpaired) electrons. The molecular weight excluding hydrogens is 254 g/mol. The van der Waals surface area contributed by atoms with Gasteiger partial charge in [0.05, 0.1) is 6.61 Å². The summed E-state index contributed by atoms with van der Waals surface area (Å²) in [5.74, 6) is 0.346. The van der Waals surface area contributed by atoms with E-state index in [-0.39, 0.29) is 11.2 Å². The fourth-order valence-electron chi connectivity index (χ4n) is 2.19. The lowest BCUT2D eigenvalue weighted by Gasteiger charge is -2.23. The Bertz CT molecular complexity index is 603. The van der Waals surface area contributed by atoms with E-state index < -0.39 is 5.97 Å². The third-order valence-electron chi connectivity index (χ3n) is 3.28. The quantitative estimate of drug-likeness (QED) is 0.802. The van der Waals surface area contributed by atoms with Crippen molar-refractivity contribution in [2.75, 3.05) is 6.61 Å². The van der Waals surface area contributed by atoms with E-state index >= 15 is 0 Å². The normalized spacial score (nSPS) is 11.4. The molecule has 0 fully saturated rings. The predicted molar refractivity (Wildman–Crippen MR) is 75.5 cm³/mol. The van der Waals surface area contributed by atoms with Crippen LogP contribution in [-0.4, -0.2) is 27.3 Å². The smallest absolute Gasteiger partial charge is 0.378 e. The van der Waals surface area contributed by atoms with Gasteiger partial charge in [-0.1, -0.05) is 30.3 Å². The van der Waals surface area contributed by atoms with E-state index in [4.69, 9.17) is 4.74 Å². The summed E-state index contributed by atoms with van der Waals surface area (Å²) in [5, 5.41) is 4.15. The van der Waals surface area contributed by atoms with Crippen LogP contribution in [0.4, 0.5) is 0 Å². The Morgan fingerprint density at radius 2 is 1.95 bits per heavy atom. The number of esters is 1. The summed E-state index contributed by atoms with van der Waals surface area (Å²) in [5.41, 5.74) is 0.777. The highest BCUT2D eigenvalue weighted by atomic mass is 16.5. The van der Waals surface area contributed by atoms with Gasteiger partial charge in [-0.2, -0.15) is 0 Å². The summed E-state index contributed by atoms with van der Waals surface area (Å²) in [4.78, 5) is 16.1. The number of carbonyl (C=O) groups is 1. The Morgan fingerprint density at radius 1 is 1.30 bits per heavy atom. The number of benzene rings is 1. The average molecular weight is 273 g/mol. The fraction of sp³-hybridized carbons (Fsp3) is 0.400. The van der Waals surface area contributed by atoms with Gasteiger partial charge in [0.1, 0.15) is 5.82 Å². The van der Waals surface area contributed by atoms with E-state index in [0.717, 1.165) is 11.4 Å². The summed E-state index contributed by atoms with van der Waals surface area (Å²) in [6.45, 7) is 6.19. The molecule has 0 spiro atoms. The molecule has 0 aliphatic heterocycles. The molecule has 0 N–H and O–H groups in total. The number of aryl methyl sites for hydroxylation is 1. The van der Waals surface area contributed by atoms with Crippen LogP contribution in [0.15, 0.2) is 30.3 Å². The Morgan fingerprint density at radius 3 is 2.55 bits per heavy atom. The van der Waals surface area contributed by atoms with Crippen LogP contribution in [0.3, 0.4) is 0 Å². The number of nitrogens with zero attached hydrogens (tertiary/aromatic N) is 3. The number of hydrogen-bond acceptors (Lipinski definition) is 4. The predicted octanol–water partition coefficient (Wildman–Crippen LogP) is 2.32. The molecule has 0 aliphatic carbocycles. The van der Waals surface area contributed by atoms with Gasteiger partial charge in [-0.3, -0.25) is 4.68 Å². The third-order valence-corrected chi connectivity index (χ3v) is 3.28. The van der Waals surface area contributed by atoms with Gasteiger partial charge in [0.2, 0.25) is 0 Å². The molecule has 20 heavy (non-hydrogen) atoms. The Balaban J connectivity index is 2.40. The second-order valence-corrected chi connectivity index (χ2v) is 5.09. The van der Waals surface area contributed by atoms with Gasteiger partial charge in [0.15, 0.2) is 0 Å². The van der Waals surface area contributed by atoms with Crippen molar-refractivity contribution in [2.45, 2.75) is 26.2 Å². The molecule has 1 heterocycles. The molecule has 0 aliphatic rings. The van der Waals surface area contributed by atoms with Gasteiger partial charge in [-0.05, 0) is 26.3 Å². The summed E-state index contributed by atoms with van der Waals surface area (Å²) in [6, 6.07) is 10.0. The lowest BCUT2D eigenvalue weighted by atomic mass is 9.84. The maximum absolute atomic E-state index is 11.7. The van der Waals surface area contributed by atoms with Crippen molar-refractivity contribution in [3.63, 3.8) is 0 Å². The first-order chi connectivity index (χ1) is 9.46. The van der Waals surface area contributed by atoms with Crippen LogP contribution in [0.1, 0.15) is 42.8 Å². The highest BCUT2D eigenvalue weighted by Gasteiger charge is 2.30. The van der Waals surface area contributed by atoms with Crippen molar-refractivity contribution >= 4 is 5.97 Å². The molecule has 5 heteroatoms. The molecule has 1 aromatic carbocycles. The molecule has 1 aromatic heterocycles. The lowest BCUT2D eigenvalue weighted by molar-refractivity contribution is 0.0511. The number of ether oxygens (including phenoxy) is 1. The number of rotatable bonds is 4. The average Bonchev–Trinajstić information content (AvgIpc) is 2.83. The van der Waals surface area contributed by atoms with Crippen molar-refractivity contribution in [1.29, 1.82) is 0 Å². The van der Waals surface area contributed by atoms with Crippen LogP contribution in [0.25, 0.3) is 0 Å². The van der Waals surface area contributed by atoms with Crippen molar-refractivity contribution in [3.05, 3.63) is 47.5 Å². The van der Waals surface area contributed by atoms with Crippen molar-refractivity contribution in [2.24, 2.45) is 7.05 Å². The van der Waals surface area contributed by atoms with Gasteiger partial charge >= 0.3 is 5.97 Å². The van der Waals surface area contributed by atoms with Crippen molar-refractivity contribution < 1.29 is 9.53 Å². The topological polar surface area (TPSA) is 57.0 Å². The van der Waals surface area contributed by atoms with E-state index in [2.05, 4.69) is 23.9 Å². The van der Waals surface area contributed by atoms with Gasteiger partial charge < -0.3 is 4.74 Å². The first kappa shape index (κ1) is 14.2. The van der Waals surface area contributed by atoms with E-state index in [1.807, 2.05) is 30.3 Å². The minimum atomic E-state index is -0.488. The lowest BCUT2D eigenvalue weighted by Crippen LogP contribution is -2.23. The largest absolute Gasteiger partial charge is 0.460 e. The first-order valence-corrected chi connectivity index (χ1v) is 6.61. The first-order valence-electron chi connectivity index (χ1n) is 6.61. The zero-order chi connectivity index (χ0) is 14.8. The van der Waals surface area contributed by atoms with Gasteiger partial charge in [0, 0.05) is 12.5 Å². The molecule has 0 saturated carbocycles. The summed E-state index contributed by atoms with van der Waals surface area (Å²) >= 11 is 0. The van der Waals surface area contributed by atoms with Crippen LogP contribution in [0, 0.1) is 0 Å². The molecule has 0 amide bonds. The van der Waals surface area contributed by atoms with Crippen molar-refractivity contribution in [1.82, 2.24) is 14.8 Å². The van der Waals surface area contributed by atoms with E-state index in [9.17, 15) is 4.79 Å². The van der Waals surface area contributed by atoms with Crippen LogP contribution >= 0.6 is 0 Å². The Hall–Kier alpha value is -2.17. The van der Waals surface area contributed by atoms with E-state index in [0.29, 0.717) is 6.61 Å². The van der Waals surface area contributed by atoms with Crippen LogP contribution < -0.4 is 0 Å². The fourth-order valence-corrected chi connectivity index (χ4v) is 2.19. The standard InChI is InChI=1S/C15H19N3O2/c1-5-20-13(19)12-16-14(18(4)17-12)15(2,3)11-9-7-6-8-10-11/h6-10H,5H2,1-4H3. The van der Waals surface area contributed by atoms with Gasteiger partial charge in [-0.25, -0.2) is 9.78 Å². The van der Waals surface area contributed by atoms with Crippen molar-refractivity contribution in [3.8, 4) is 0 Å². The molecule has 2 rings (SSSR count). The number of carbonyl (C=O) groups excluding carboxylic acids is 1. The van der Waals surface area contributed by atoms with E-state index in [1.165, 1.54) is 0 Å². The van der Waals surface area contributed by atoms with Crippen LogP contribution in [-0.2, 0) is 17.2 Å². The zero-order valence-corrected chi connectivity index (χ0v) is 12.3. The Labute approximate surface area is 118 Å². The molecule has 106 valence electrons. The maximum Gasteiger partial charge on any atom is 0.378 e. The van der Waals surface area contributed by atoms with Crippen LogP contribution in [0.2, 0.25) is 0 Å². The molecule has 0 atom stereocenters. The third kappa shape index (κ3) is 2.57. The molecule has 0 saturated heterocycles. The summed E-state index contributed by atoms with van der Waals surface area (Å²) in [6.07, 6.45) is 0. The Kier molecular flexibility index (Phi) is 3.88. The summed E-state index contributed by atoms with van der Waals surface area (Å²) < 4.78 is 6.58. The molecule has 2 aromatic rings. The monoisotopic (exact) mass is 273 g/mol. The second-order valence-electron chi connectivity index (χ2n) is 5.09. The highest BCUT2D eigenvalue weighted by molar-refractivity contribution is 5.85. The maximum atomic E-state index is 11.7. The molecular formula is C15H19N3O2. The zero-order valence-electron chi connectivity index (χ0n) is 12.3. The number of hydrogen-bond donors (Lipinski definition) is 0. The summed E-state index contributed by atoms with van der Waals surface area (Å²) in [7, 11) is 1.79. The molecule has 0 unspecified atom stereocenters.